The quantitative estimate of drug-likeness (QED) is 0.655. The smallest absolute Gasteiger partial charge is 0.192 e. The summed E-state index contributed by atoms with van der Waals surface area (Å²) in [4.78, 5) is 4.19. The van der Waals surface area contributed by atoms with Crippen molar-refractivity contribution in [1.82, 2.24) is 4.98 Å². The first-order chi connectivity index (χ1) is 6.66. The van der Waals surface area contributed by atoms with Crippen molar-refractivity contribution in [1.29, 1.82) is 0 Å². The van der Waals surface area contributed by atoms with Crippen LogP contribution in [0.3, 0.4) is 0 Å². The summed E-state index contributed by atoms with van der Waals surface area (Å²) in [5, 5.41) is 0.721. The lowest BCUT2D eigenvalue weighted by Crippen LogP contribution is -1.75. The molecule has 0 unspecified atom stereocenters. The van der Waals surface area contributed by atoms with E-state index in [1.807, 2.05) is 33.8 Å². The van der Waals surface area contributed by atoms with E-state index in [4.69, 9.17) is 16.0 Å². The van der Waals surface area contributed by atoms with Gasteiger partial charge in [0, 0.05) is 18.0 Å². The number of halogens is 1. The van der Waals surface area contributed by atoms with E-state index in [0.717, 1.165) is 21.7 Å². The number of rotatable bonds is 0. The molecule has 0 aliphatic rings. The Morgan fingerprint density at radius 2 is 1.86 bits per heavy atom. The van der Waals surface area contributed by atoms with Crippen molar-refractivity contribution < 1.29 is 4.42 Å². The van der Waals surface area contributed by atoms with Crippen LogP contribution in [0.2, 0.25) is 5.02 Å². The van der Waals surface area contributed by atoms with Gasteiger partial charge in [-0.15, -0.1) is 0 Å². The molecule has 0 bridgehead atoms. The first-order valence-corrected chi connectivity index (χ1v) is 5.08. The molecular weight excluding hydrogens is 198 g/mol. The summed E-state index contributed by atoms with van der Waals surface area (Å²) in [6.45, 7) is 7.77. The molecule has 2 aromatic rings. The lowest BCUT2D eigenvalue weighted by molar-refractivity contribution is 0.561. The van der Waals surface area contributed by atoms with Gasteiger partial charge in [-0.1, -0.05) is 25.4 Å². The largest absolute Gasteiger partial charge is 0.441 e. The van der Waals surface area contributed by atoms with Crippen LogP contribution in [-0.4, -0.2) is 4.98 Å². The maximum Gasteiger partial charge on any atom is 0.192 e. The lowest BCUT2D eigenvalue weighted by atomic mass is 10.2. The van der Waals surface area contributed by atoms with Crippen molar-refractivity contribution in [2.24, 2.45) is 0 Å². The molecule has 2 rings (SSSR count). The summed E-state index contributed by atoms with van der Waals surface area (Å²) in [6.07, 6.45) is 0. The number of aryl methyl sites for hydroxylation is 2. The van der Waals surface area contributed by atoms with E-state index in [1.54, 1.807) is 6.07 Å². The average Bonchev–Trinajstić information content (AvgIpc) is 2.49. The Kier molecular flexibility index (Phi) is 3.53. The van der Waals surface area contributed by atoms with E-state index in [-0.39, 0.29) is 0 Å². The fourth-order valence-corrected chi connectivity index (χ4v) is 1.32. The highest BCUT2D eigenvalue weighted by atomic mass is 35.5. The van der Waals surface area contributed by atoms with E-state index in [2.05, 4.69) is 4.98 Å². The van der Waals surface area contributed by atoms with Gasteiger partial charge in [0.15, 0.2) is 11.5 Å². The number of hydrogen-bond acceptors (Lipinski definition) is 2. The molecule has 0 N–H and O–H groups in total. The van der Waals surface area contributed by atoms with Crippen molar-refractivity contribution in [3.63, 3.8) is 0 Å². The fourth-order valence-electron chi connectivity index (χ4n) is 1.17. The van der Waals surface area contributed by atoms with Crippen molar-refractivity contribution in [3.05, 3.63) is 28.6 Å². The molecule has 2 nitrogen and oxygen atoms in total. The monoisotopic (exact) mass is 211 g/mol. The topological polar surface area (TPSA) is 26.0 Å². The average molecular weight is 212 g/mol. The SMILES string of the molecule is CC.Cc1nc2cc(C)c(Cl)cc2o1. The maximum atomic E-state index is 5.91. The second-order valence-corrected chi connectivity index (χ2v) is 3.21. The predicted octanol–water partition coefficient (Wildman–Crippen LogP) is 4.12. The Bertz CT molecular complexity index is 395. The second kappa shape index (κ2) is 4.47. The molecule has 1 heterocycles. The number of fused-ring (bicyclic) bond motifs is 1. The zero-order valence-electron chi connectivity index (χ0n) is 8.89. The molecule has 0 spiro atoms. The molecule has 0 aliphatic heterocycles. The molecule has 0 radical (unpaired) electrons. The predicted molar refractivity (Wildman–Crippen MR) is 59.8 cm³/mol. The van der Waals surface area contributed by atoms with Crippen LogP contribution in [0.5, 0.6) is 0 Å². The number of oxazole rings is 1. The highest BCUT2D eigenvalue weighted by Gasteiger charge is 2.04. The molecule has 0 aliphatic carbocycles. The van der Waals surface area contributed by atoms with E-state index in [1.165, 1.54) is 0 Å². The molecule has 76 valence electrons. The molecule has 1 aromatic heterocycles. The third-order valence-electron chi connectivity index (χ3n) is 1.78. The molecule has 0 amide bonds. The van der Waals surface area contributed by atoms with Gasteiger partial charge in [0.2, 0.25) is 0 Å². The first-order valence-electron chi connectivity index (χ1n) is 4.70. The number of hydrogen-bond donors (Lipinski definition) is 0. The van der Waals surface area contributed by atoms with E-state index >= 15 is 0 Å². The highest BCUT2D eigenvalue weighted by Crippen LogP contribution is 2.23. The summed E-state index contributed by atoms with van der Waals surface area (Å²) >= 11 is 5.91. The maximum absolute atomic E-state index is 5.91. The third kappa shape index (κ3) is 2.07. The summed E-state index contributed by atoms with van der Waals surface area (Å²) in [6, 6.07) is 3.72. The lowest BCUT2D eigenvalue weighted by Gasteiger charge is -1.93. The van der Waals surface area contributed by atoms with Gasteiger partial charge in [-0.25, -0.2) is 4.98 Å². The number of benzene rings is 1. The van der Waals surface area contributed by atoms with Crippen LogP contribution in [-0.2, 0) is 0 Å². The molecule has 0 saturated heterocycles. The Hall–Kier alpha value is -1.02. The minimum Gasteiger partial charge on any atom is -0.441 e. The second-order valence-electron chi connectivity index (χ2n) is 2.80. The van der Waals surface area contributed by atoms with Gasteiger partial charge >= 0.3 is 0 Å². The Morgan fingerprint density at radius 3 is 2.50 bits per heavy atom. The van der Waals surface area contributed by atoms with E-state index in [9.17, 15) is 0 Å². The molecule has 0 fully saturated rings. The fraction of sp³-hybridized carbons (Fsp3) is 0.364. The summed E-state index contributed by atoms with van der Waals surface area (Å²) in [5.74, 6) is 0.673. The minimum absolute atomic E-state index is 0.673. The molecule has 0 saturated carbocycles. The number of aromatic nitrogens is 1. The minimum atomic E-state index is 0.673. The number of nitrogens with zero attached hydrogens (tertiary/aromatic N) is 1. The molecule has 0 atom stereocenters. The van der Waals surface area contributed by atoms with Gasteiger partial charge in [-0.05, 0) is 18.6 Å². The van der Waals surface area contributed by atoms with Gasteiger partial charge in [-0.2, -0.15) is 0 Å². The Labute approximate surface area is 88.9 Å². The molecular formula is C11H14ClNO. The normalized spacial score (nSPS) is 9.79. The van der Waals surface area contributed by atoms with Crippen molar-refractivity contribution >= 4 is 22.7 Å². The van der Waals surface area contributed by atoms with Crippen molar-refractivity contribution in [2.75, 3.05) is 0 Å². The van der Waals surface area contributed by atoms with Crippen LogP contribution in [0.4, 0.5) is 0 Å². The summed E-state index contributed by atoms with van der Waals surface area (Å²) < 4.78 is 5.31. The van der Waals surface area contributed by atoms with Crippen LogP contribution in [0.1, 0.15) is 25.3 Å². The molecule has 14 heavy (non-hydrogen) atoms. The highest BCUT2D eigenvalue weighted by molar-refractivity contribution is 6.31. The van der Waals surface area contributed by atoms with Crippen molar-refractivity contribution in [3.8, 4) is 0 Å². The molecule has 1 aromatic carbocycles. The van der Waals surface area contributed by atoms with E-state index < -0.39 is 0 Å². The van der Waals surface area contributed by atoms with Crippen LogP contribution >= 0.6 is 11.6 Å². The zero-order chi connectivity index (χ0) is 10.7. The van der Waals surface area contributed by atoms with Crippen LogP contribution in [0.25, 0.3) is 11.1 Å². The zero-order valence-corrected chi connectivity index (χ0v) is 9.64. The Balaban J connectivity index is 0.000000461. The Morgan fingerprint density at radius 1 is 1.21 bits per heavy atom. The van der Waals surface area contributed by atoms with Crippen LogP contribution < -0.4 is 0 Å². The summed E-state index contributed by atoms with van der Waals surface area (Å²) in [7, 11) is 0. The van der Waals surface area contributed by atoms with Crippen LogP contribution in [0.15, 0.2) is 16.5 Å². The van der Waals surface area contributed by atoms with Gasteiger partial charge in [0.05, 0.1) is 0 Å². The first kappa shape index (κ1) is 11.1. The summed E-state index contributed by atoms with van der Waals surface area (Å²) in [5.41, 5.74) is 2.65. The van der Waals surface area contributed by atoms with Crippen LogP contribution in [0, 0.1) is 13.8 Å². The van der Waals surface area contributed by atoms with Gasteiger partial charge in [0.25, 0.3) is 0 Å². The van der Waals surface area contributed by atoms with Crippen molar-refractivity contribution in [2.45, 2.75) is 27.7 Å². The third-order valence-corrected chi connectivity index (χ3v) is 2.18. The van der Waals surface area contributed by atoms with E-state index in [0.29, 0.717) is 5.89 Å². The van der Waals surface area contributed by atoms with Gasteiger partial charge in [0.1, 0.15) is 5.52 Å². The molecule has 3 heteroatoms. The van der Waals surface area contributed by atoms with Gasteiger partial charge in [-0.3, -0.25) is 0 Å². The standard InChI is InChI=1S/C9H8ClNO.C2H6/c1-5-3-8-9(4-7(5)10)12-6(2)11-8;1-2/h3-4H,1-2H3;1-2H3. The van der Waals surface area contributed by atoms with Gasteiger partial charge < -0.3 is 4.42 Å².